The second kappa shape index (κ2) is 9.02. The highest BCUT2D eigenvalue weighted by atomic mass is 79.9. The van der Waals surface area contributed by atoms with Gasteiger partial charge in [0, 0.05) is 16.2 Å². The van der Waals surface area contributed by atoms with E-state index in [9.17, 15) is 19.2 Å². The van der Waals surface area contributed by atoms with Crippen LogP contribution in [0.5, 0.6) is 0 Å². The second-order valence-electron chi connectivity index (χ2n) is 8.44. The third kappa shape index (κ3) is 4.18. The number of esters is 1. The van der Waals surface area contributed by atoms with E-state index in [4.69, 9.17) is 4.74 Å². The molecule has 0 radical (unpaired) electrons. The van der Waals surface area contributed by atoms with Gasteiger partial charge in [-0.15, -0.1) is 0 Å². The van der Waals surface area contributed by atoms with E-state index in [2.05, 4.69) is 37.2 Å². The van der Waals surface area contributed by atoms with Gasteiger partial charge in [-0.25, -0.2) is 0 Å². The number of carbonyl (C=O) groups excluding carboxylic acids is 4. The molecular weight excluding hydrogens is 532 g/mol. The summed E-state index contributed by atoms with van der Waals surface area (Å²) < 4.78 is 5.04. The highest BCUT2D eigenvalue weighted by molar-refractivity contribution is 9.12. The van der Waals surface area contributed by atoms with Crippen molar-refractivity contribution in [1.29, 1.82) is 0 Å². The number of hydrogen-bond donors (Lipinski definition) is 1. The van der Waals surface area contributed by atoms with Gasteiger partial charge in [0.25, 0.3) is 5.91 Å². The fourth-order valence-corrected chi connectivity index (χ4v) is 7.03. The Morgan fingerprint density at radius 3 is 2.26 bits per heavy atom. The molecule has 3 aliphatic rings. The SMILES string of the molecule is C[C@H](NC(=O)COC(=O)CCN1C(=O)[C@@H]2[C@H]3C[C@@H]([C@H](Br)[C@@H]3Br)[C@@H]2C1=O)c1ccccc1. The molecule has 3 amide bonds. The number of rotatable bonds is 7. The molecule has 4 rings (SSSR count). The quantitative estimate of drug-likeness (QED) is 0.317. The number of likely N-dealkylation sites (tertiary alicyclic amines) is 1. The first-order valence-electron chi connectivity index (χ1n) is 10.4. The van der Waals surface area contributed by atoms with Crippen molar-refractivity contribution in [3.05, 3.63) is 35.9 Å². The van der Waals surface area contributed by atoms with E-state index in [1.54, 1.807) is 0 Å². The number of ether oxygens (including phenoxy) is 1. The molecule has 2 bridgehead atoms. The minimum Gasteiger partial charge on any atom is -0.456 e. The van der Waals surface area contributed by atoms with Gasteiger partial charge in [-0.3, -0.25) is 24.1 Å². The molecule has 2 saturated carbocycles. The minimum absolute atomic E-state index is 0.00905. The Balaban J connectivity index is 1.24. The van der Waals surface area contributed by atoms with Crippen molar-refractivity contribution < 1.29 is 23.9 Å². The average Bonchev–Trinajstić information content (AvgIpc) is 3.36. The van der Waals surface area contributed by atoms with E-state index in [1.807, 2.05) is 37.3 Å². The number of nitrogens with zero attached hydrogens (tertiary/aromatic N) is 1. The Morgan fingerprint density at radius 1 is 1.10 bits per heavy atom. The predicted molar refractivity (Wildman–Crippen MR) is 119 cm³/mol. The van der Waals surface area contributed by atoms with E-state index in [-0.39, 0.29) is 64.1 Å². The minimum atomic E-state index is -0.611. The van der Waals surface area contributed by atoms with Crippen LogP contribution in [0.4, 0.5) is 0 Å². The Hall–Kier alpha value is -1.74. The summed E-state index contributed by atoms with van der Waals surface area (Å²) in [6, 6.07) is 9.25. The summed E-state index contributed by atoms with van der Waals surface area (Å²) >= 11 is 7.30. The first-order chi connectivity index (χ1) is 14.8. The number of imide groups is 1. The van der Waals surface area contributed by atoms with Crippen LogP contribution in [0.3, 0.4) is 0 Å². The molecule has 2 aliphatic carbocycles. The maximum atomic E-state index is 12.8. The monoisotopic (exact) mass is 554 g/mol. The number of carbonyl (C=O) groups is 4. The summed E-state index contributed by atoms with van der Waals surface area (Å²) in [6.45, 7) is 1.44. The van der Waals surface area contributed by atoms with Gasteiger partial charge in [-0.05, 0) is 30.7 Å². The summed E-state index contributed by atoms with van der Waals surface area (Å²) in [5.41, 5.74) is 0.948. The third-order valence-electron chi connectivity index (χ3n) is 6.66. The van der Waals surface area contributed by atoms with E-state index >= 15 is 0 Å². The third-order valence-corrected chi connectivity index (χ3v) is 9.87. The zero-order chi connectivity index (χ0) is 22.3. The van der Waals surface area contributed by atoms with Gasteiger partial charge < -0.3 is 10.1 Å². The number of hydrogen-bond acceptors (Lipinski definition) is 5. The summed E-state index contributed by atoms with van der Waals surface area (Å²) in [4.78, 5) is 51.4. The number of nitrogens with one attached hydrogen (secondary N) is 1. The van der Waals surface area contributed by atoms with Crippen molar-refractivity contribution in [3.63, 3.8) is 0 Å². The number of amides is 3. The van der Waals surface area contributed by atoms with Crippen molar-refractivity contribution >= 4 is 55.6 Å². The van der Waals surface area contributed by atoms with Crippen LogP contribution in [0.2, 0.25) is 0 Å². The first kappa shape index (κ1) is 22.5. The van der Waals surface area contributed by atoms with Crippen LogP contribution < -0.4 is 5.32 Å². The molecule has 7 nitrogen and oxygen atoms in total. The Morgan fingerprint density at radius 2 is 1.68 bits per heavy atom. The van der Waals surface area contributed by atoms with E-state index < -0.39 is 18.5 Å². The fourth-order valence-electron chi connectivity index (χ4n) is 5.16. The van der Waals surface area contributed by atoms with Crippen molar-refractivity contribution in [2.24, 2.45) is 23.7 Å². The Labute approximate surface area is 197 Å². The molecule has 1 heterocycles. The molecule has 9 heteroatoms. The molecule has 31 heavy (non-hydrogen) atoms. The van der Waals surface area contributed by atoms with Crippen molar-refractivity contribution in [2.45, 2.75) is 35.5 Å². The normalized spacial score (nSPS) is 32.2. The van der Waals surface area contributed by atoms with Crippen LogP contribution >= 0.6 is 31.9 Å². The van der Waals surface area contributed by atoms with Gasteiger partial charge in [0.2, 0.25) is 11.8 Å². The molecule has 3 fully saturated rings. The molecule has 1 N–H and O–H groups in total. The number of halogens is 2. The van der Waals surface area contributed by atoms with Gasteiger partial charge in [-0.1, -0.05) is 62.2 Å². The summed E-state index contributed by atoms with van der Waals surface area (Å²) in [5, 5.41) is 2.77. The Bertz CT molecular complexity index is 863. The second-order valence-corrected chi connectivity index (χ2v) is 10.6. The van der Waals surface area contributed by atoms with Crippen LogP contribution in [-0.4, -0.2) is 51.4 Å². The molecule has 0 aromatic heterocycles. The van der Waals surface area contributed by atoms with E-state index in [0.717, 1.165) is 12.0 Å². The number of alkyl halides is 2. The molecule has 1 saturated heterocycles. The van der Waals surface area contributed by atoms with Crippen LogP contribution in [0.1, 0.15) is 31.4 Å². The van der Waals surface area contributed by atoms with Crippen molar-refractivity contribution in [1.82, 2.24) is 10.2 Å². The molecular formula is C22H24Br2N2O5. The zero-order valence-electron chi connectivity index (χ0n) is 17.0. The van der Waals surface area contributed by atoms with Gasteiger partial charge in [0.1, 0.15) is 0 Å². The molecule has 166 valence electrons. The lowest BCUT2D eigenvalue weighted by atomic mass is 9.81. The molecule has 1 aliphatic heterocycles. The topological polar surface area (TPSA) is 92.8 Å². The first-order valence-corrected chi connectivity index (χ1v) is 12.3. The van der Waals surface area contributed by atoms with E-state index in [1.165, 1.54) is 4.90 Å². The molecule has 1 aromatic carbocycles. The molecule has 0 unspecified atom stereocenters. The Kier molecular flexibility index (Phi) is 6.53. The van der Waals surface area contributed by atoms with E-state index in [0.29, 0.717) is 0 Å². The zero-order valence-corrected chi connectivity index (χ0v) is 20.2. The van der Waals surface area contributed by atoms with Gasteiger partial charge in [0.05, 0.1) is 24.3 Å². The van der Waals surface area contributed by atoms with Crippen molar-refractivity contribution in [3.8, 4) is 0 Å². The molecule has 7 atom stereocenters. The van der Waals surface area contributed by atoms with Crippen LogP contribution in [0.15, 0.2) is 30.3 Å². The maximum absolute atomic E-state index is 12.8. The molecule has 1 aromatic rings. The van der Waals surface area contributed by atoms with Crippen LogP contribution in [0, 0.1) is 23.7 Å². The lowest BCUT2D eigenvalue weighted by Gasteiger charge is -2.28. The summed E-state index contributed by atoms with van der Waals surface area (Å²) in [6.07, 6.45) is 0.744. The van der Waals surface area contributed by atoms with Gasteiger partial charge in [-0.2, -0.15) is 0 Å². The lowest BCUT2D eigenvalue weighted by molar-refractivity contribution is -0.150. The predicted octanol–water partition coefficient (Wildman–Crippen LogP) is 2.58. The van der Waals surface area contributed by atoms with Crippen LogP contribution in [-0.2, 0) is 23.9 Å². The van der Waals surface area contributed by atoms with Gasteiger partial charge in [0.15, 0.2) is 6.61 Å². The standard InChI is InChI=1S/C22H24Br2N2O5/c1-11(12-5-3-2-4-6-12)25-15(27)10-31-16(28)7-8-26-21(29)17-13-9-14(18(17)22(26)30)20(24)19(13)23/h2-6,11,13-14,17-20H,7-10H2,1H3,(H,25,27)/t11-,13+,14+,17-,18+,19-,20+/m0/s1. The fraction of sp³-hybridized carbons (Fsp3) is 0.545. The smallest absolute Gasteiger partial charge is 0.308 e. The summed E-state index contributed by atoms with van der Waals surface area (Å²) in [7, 11) is 0. The highest BCUT2D eigenvalue weighted by Gasteiger charge is 2.66. The maximum Gasteiger partial charge on any atom is 0.308 e. The lowest BCUT2D eigenvalue weighted by Crippen LogP contribution is -2.37. The highest BCUT2D eigenvalue weighted by Crippen LogP contribution is 2.60. The molecule has 0 spiro atoms. The van der Waals surface area contributed by atoms with Crippen LogP contribution in [0.25, 0.3) is 0 Å². The largest absolute Gasteiger partial charge is 0.456 e. The average molecular weight is 556 g/mol. The summed E-state index contributed by atoms with van der Waals surface area (Å²) in [5.74, 6) is -1.70. The van der Waals surface area contributed by atoms with Crippen molar-refractivity contribution in [2.75, 3.05) is 13.2 Å². The van der Waals surface area contributed by atoms with Gasteiger partial charge >= 0.3 is 5.97 Å². The number of fused-ring (bicyclic) bond motifs is 5. The number of benzene rings is 1.